The van der Waals surface area contributed by atoms with Gasteiger partial charge in [0, 0.05) is 24.2 Å². The molecule has 0 spiro atoms. The Bertz CT molecular complexity index is 566. The first kappa shape index (κ1) is 10.9. The van der Waals surface area contributed by atoms with Gasteiger partial charge in [0.1, 0.15) is 0 Å². The summed E-state index contributed by atoms with van der Waals surface area (Å²) in [6.45, 7) is 1.88. The highest BCUT2D eigenvalue weighted by molar-refractivity contribution is 6.35. The molecule has 1 N–H and O–H groups in total. The maximum Gasteiger partial charge on any atom is 0.251 e. The maximum atomic E-state index is 11.6. The summed E-state index contributed by atoms with van der Waals surface area (Å²) in [7, 11) is 1.61. The van der Waals surface area contributed by atoms with E-state index >= 15 is 0 Å². The van der Waals surface area contributed by atoms with Gasteiger partial charge in [-0.1, -0.05) is 11.6 Å². The van der Waals surface area contributed by atoms with Crippen LogP contribution in [-0.2, 0) is 0 Å². The van der Waals surface area contributed by atoms with E-state index in [9.17, 15) is 4.79 Å². The Hall–Kier alpha value is -1.61. The number of pyridine rings is 1. The molecule has 16 heavy (non-hydrogen) atoms. The molecule has 1 aromatic heterocycles. The largest absolute Gasteiger partial charge is 0.355 e. The average molecular weight is 235 g/mol. The first-order chi connectivity index (χ1) is 7.63. The van der Waals surface area contributed by atoms with Crippen molar-refractivity contribution in [3.8, 4) is 0 Å². The van der Waals surface area contributed by atoms with Gasteiger partial charge in [0.2, 0.25) is 0 Å². The highest BCUT2D eigenvalue weighted by Crippen LogP contribution is 2.24. The number of rotatable bonds is 1. The smallest absolute Gasteiger partial charge is 0.251 e. The van der Waals surface area contributed by atoms with Gasteiger partial charge in [0.15, 0.2) is 0 Å². The second kappa shape index (κ2) is 4.10. The summed E-state index contributed by atoms with van der Waals surface area (Å²) in [6, 6.07) is 5.36. The monoisotopic (exact) mass is 234 g/mol. The predicted molar refractivity (Wildman–Crippen MR) is 64.9 cm³/mol. The van der Waals surface area contributed by atoms with E-state index in [0.29, 0.717) is 10.6 Å². The van der Waals surface area contributed by atoms with Gasteiger partial charge < -0.3 is 5.32 Å². The maximum absolute atomic E-state index is 11.6. The molecule has 0 saturated heterocycles. The molecular weight excluding hydrogens is 224 g/mol. The molecule has 3 nitrogen and oxygen atoms in total. The standard InChI is InChI=1S/C12H11ClN2O/c1-7-5-11-9(10(13)3-4-15-11)6-8(7)12(16)14-2/h3-6H,1-2H3,(H,14,16). The first-order valence-electron chi connectivity index (χ1n) is 4.90. The van der Waals surface area contributed by atoms with E-state index in [-0.39, 0.29) is 5.91 Å². The molecule has 4 heteroatoms. The van der Waals surface area contributed by atoms with E-state index in [1.54, 1.807) is 25.4 Å². The number of nitrogens with one attached hydrogen (secondary N) is 1. The van der Waals surface area contributed by atoms with Crippen LogP contribution in [0, 0.1) is 6.92 Å². The molecule has 0 bridgehead atoms. The molecule has 1 aromatic carbocycles. The highest BCUT2D eigenvalue weighted by Gasteiger charge is 2.10. The van der Waals surface area contributed by atoms with Gasteiger partial charge in [-0.15, -0.1) is 0 Å². The average Bonchev–Trinajstić information content (AvgIpc) is 2.28. The van der Waals surface area contributed by atoms with Crippen molar-refractivity contribution < 1.29 is 4.79 Å². The molecule has 2 aromatic rings. The third kappa shape index (κ3) is 1.74. The number of aromatic nitrogens is 1. The minimum Gasteiger partial charge on any atom is -0.355 e. The second-order valence-electron chi connectivity index (χ2n) is 3.56. The number of fused-ring (bicyclic) bond motifs is 1. The van der Waals surface area contributed by atoms with Crippen LogP contribution in [0.4, 0.5) is 0 Å². The van der Waals surface area contributed by atoms with E-state index in [4.69, 9.17) is 11.6 Å². The number of benzene rings is 1. The molecule has 2 rings (SSSR count). The predicted octanol–water partition coefficient (Wildman–Crippen LogP) is 2.56. The number of aryl methyl sites for hydroxylation is 1. The van der Waals surface area contributed by atoms with Gasteiger partial charge in [-0.2, -0.15) is 0 Å². The summed E-state index contributed by atoms with van der Waals surface area (Å²) >= 11 is 6.06. The highest BCUT2D eigenvalue weighted by atomic mass is 35.5. The van der Waals surface area contributed by atoms with Crippen LogP contribution in [0.2, 0.25) is 5.02 Å². The Kier molecular flexibility index (Phi) is 2.79. The van der Waals surface area contributed by atoms with Crippen LogP contribution in [0.5, 0.6) is 0 Å². The number of nitrogens with zero attached hydrogens (tertiary/aromatic N) is 1. The molecule has 82 valence electrons. The van der Waals surface area contributed by atoms with Gasteiger partial charge in [0.25, 0.3) is 5.91 Å². The molecule has 0 radical (unpaired) electrons. The van der Waals surface area contributed by atoms with E-state index in [2.05, 4.69) is 10.3 Å². The van der Waals surface area contributed by atoms with Crippen molar-refractivity contribution >= 4 is 28.4 Å². The summed E-state index contributed by atoms with van der Waals surface area (Å²) in [6.07, 6.45) is 1.66. The first-order valence-corrected chi connectivity index (χ1v) is 5.28. The van der Waals surface area contributed by atoms with Crippen LogP contribution in [0.1, 0.15) is 15.9 Å². The minimum atomic E-state index is -0.112. The van der Waals surface area contributed by atoms with Crippen LogP contribution < -0.4 is 5.32 Å². The van der Waals surface area contributed by atoms with Crippen LogP contribution in [0.25, 0.3) is 10.9 Å². The van der Waals surface area contributed by atoms with Gasteiger partial charge in [-0.3, -0.25) is 9.78 Å². The van der Waals surface area contributed by atoms with Crippen molar-refractivity contribution in [1.29, 1.82) is 0 Å². The summed E-state index contributed by atoms with van der Waals surface area (Å²) in [5, 5.41) is 4.01. The van der Waals surface area contributed by atoms with Crippen molar-refractivity contribution in [2.75, 3.05) is 7.05 Å². The van der Waals surface area contributed by atoms with Gasteiger partial charge in [-0.05, 0) is 30.7 Å². The summed E-state index contributed by atoms with van der Waals surface area (Å²) in [5.41, 5.74) is 2.32. The number of carbonyl (C=O) groups excluding carboxylic acids is 1. The summed E-state index contributed by atoms with van der Waals surface area (Å²) in [4.78, 5) is 15.8. The van der Waals surface area contributed by atoms with Gasteiger partial charge in [-0.25, -0.2) is 0 Å². The molecule has 0 aliphatic heterocycles. The topological polar surface area (TPSA) is 42.0 Å². The van der Waals surface area contributed by atoms with Crippen molar-refractivity contribution in [2.24, 2.45) is 0 Å². The van der Waals surface area contributed by atoms with Crippen molar-refractivity contribution in [1.82, 2.24) is 10.3 Å². The fraction of sp³-hybridized carbons (Fsp3) is 0.167. The molecule has 1 heterocycles. The summed E-state index contributed by atoms with van der Waals surface area (Å²) in [5.74, 6) is -0.112. The molecule has 0 aliphatic carbocycles. The van der Waals surface area contributed by atoms with Gasteiger partial charge >= 0.3 is 0 Å². The lowest BCUT2D eigenvalue weighted by Crippen LogP contribution is -2.18. The van der Waals surface area contributed by atoms with Crippen molar-refractivity contribution in [2.45, 2.75) is 6.92 Å². The number of carbonyl (C=O) groups is 1. The fourth-order valence-electron chi connectivity index (χ4n) is 1.64. The Morgan fingerprint density at radius 2 is 2.19 bits per heavy atom. The molecule has 0 aliphatic rings. The van der Waals surface area contributed by atoms with Crippen LogP contribution in [-0.4, -0.2) is 17.9 Å². The Morgan fingerprint density at radius 3 is 2.88 bits per heavy atom. The SMILES string of the molecule is CNC(=O)c1cc2c(Cl)ccnc2cc1C. The number of hydrogen-bond acceptors (Lipinski definition) is 2. The van der Waals surface area contributed by atoms with E-state index in [1.807, 2.05) is 13.0 Å². The fourth-order valence-corrected chi connectivity index (χ4v) is 1.85. The lowest BCUT2D eigenvalue weighted by Gasteiger charge is -2.07. The molecule has 1 amide bonds. The van der Waals surface area contributed by atoms with Crippen molar-refractivity contribution in [3.05, 3.63) is 40.5 Å². The number of halogens is 1. The lowest BCUT2D eigenvalue weighted by atomic mass is 10.0. The summed E-state index contributed by atoms with van der Waals surface area (Å²) < 4.78 is 0. The lowest BCUT2D eigenvalue weighted by molar-refractivity contribution is 0.0962. The van der Waals surface area contributed by atoms with E-state index in [0.717, 1.165) is 16.5 Å². The zero-order valence-electron chi connectivity index (χ0n) is 9.04. The van der Waals surface area contributed by atoms with Crippen LogP contribution >= 0.6 is 11.6 Å². The zero-order chi connectivity index (χ0) is 11.7. The zero-order valence-corrected chi connectivity index (χ0v) is 9.80. The van der Waals surface area contributed by atoms with Crippen molar-refractivity contribution in [3.63, 3.8) is 0 Å². The molecule has 0 unspecified atom stereocenters. The molecule has 0 atom stereocenters. The van der Waals surface area contributed by atoms with Crippen LogP contribution in [0.3, 0.4) is 0 Å². The molecule has 0 saturated carbocycles. The number of hydrogen-bond donors (Lipinski definition) is 1. The normalized spacial score (nSPS) is 10.4. The Labute approximate surface area is 98.4 Å². The van der Waals surface area contributed by atoms with E-state index in [1.165, 1.54) is 0 Å². The Morgan fingerprint density at radius 1 is 1.44 bits per heavy atom. The molecule has 0 fully saturated rings. The van der Waals surface area contributed by atoms with E-state index < -0.39 is 0 Å². The quantitative estimate of drug-likeness (QED) is 0.824. The number of amides is 1. The van der Waals surface area contributed by atoms with Gasteiger partial charge in [0.05, 0.1) is 10.5 Å². The molecular formula is C12H11ClN2O. The minimum absolute atomic E-state index is 0.112. The Balaban J connectivity index is 2.74. The second-order valence-corrected chi connectivity index (χ2v) is 3.96. The third-order valence-corrected chi connectivity index (χ3v) is 2.84. The van der Waals surface area contributed by atoms with Crippen LogP contribution in [0.15, 0.2) is 24.4 Å². The third-order valence-electron chi connectivity index (χ3n) is 2.51.